The molecule has 0 radical (unpaired) electrons. The lowest BCUT2D eigenvalue weighted by atomic mass is 10.1. The molecule has 3 rings (SSSR count). The number of anilines is 1. The number of nitrogens with two attached hydrogens (primary N) is 1. The quantitative estimate of drug-likeness (QED) is 0.362. The Morgan fingerprint density at radius 2 is 2.04 bits per heavy atom. The molecule has 148 valence electrons. The lowest BCUT2D eigenvalue weighted by Gasteiger charge is -2.15. The Morgan fingerprint density at radius 3 is 2.79 bits per heavy atom. The van der Waals surface area contributed by atoms with Crippen LogP contribution >= 0.6 is 11.6 Å². The summed E-state index contributed by atoms with van der Waals surface area (Å²) in [5.41, 5.74) is 9.40. The molecule has 3 heterocycles. The van der Waals surface area contributed by atoms with Crippen molar-refractivity contribution in [2.24, 2.45) is 0 Å². The number of carbonyl (C=O) groups excluding carboxylic acids is 1. The summed E-state index contributed by atoms with van der Waals surface area (Å²) in [6.45, 7) is 6.47. The van der Waals surface area contributed by atoms with Crippen molar-refractivity contribution >= 4 is 34.7 Å². The minimum absolute atomic E-state index is 0.0876. The highest BCUT2D eigenvalue weighted by molar-refractivity contribution is 6.33. The van der Waals surface area contributed by atoms with E-state index >= 15 is 0 Å². The SMILES string of the molecule is CC(=O)OCCCOc1c(C)cnc(Cn2cnc3c(Cl)nc(N)nc32)c1C. The van der Waals surface area contributed by atoms with Crippen LogP contribution in [0.3, 0.4) is 0 Å². The van der Waals surface area contributed by atoms with Gasteiger partial charge in [0.2, 0.25) is 5.95 Å². The topological polar surface area (TPSA) is 118 Å². The zero-order valence-electron chi connectivity index (χ0n) is 15.9. The molecule has 28 heavy (non-hydrogen) atoms. The van der Waals surface area contributed by atoms with Crippen molar-refractivity contribution < 1.29 is 14.3 Å². The number of pyridine rings is 1. The molecular weight excluding hydrogens is 384 g/mol. The van der Waals surface area contributed by atoms with E-state index < -0.39 is 0 Å². The van der Waals surface area contributed by atoms with Gasteiger partial charge >= 0.3 is 5.97 Å². The summed E-state index contributed by atoms with van der Waals surface area (Å²) in [6, 6.07) is 0. The van der Waals surface area contributed by atoms with Crippen molar-refractivity contribution in [2.45, 2.75) is 33.7 Å². The van der Waals surface area contributed by atoms with Crippen LogP contribution in [-0.2, 0) is 16.1 Å². The van der Waals surface area contributed by atoms with Gasteiger partial charge in [-0.15, -0.1) is 0 Å². The molecule has 0 saturated carbocycles. The molecule has 0 aliphatic carbocycles. The predicted molar refractivity (Wildman–Crippen MR) is 104 cm³/mol. The van der Waals surface area contributed by atoms with Crippen LogP contribution in [0.15, 0.2) is 12.5 Å². The third kappa shape index (κ3) is 4.30. The van der Waals surface area contributed by atoms with Gasteiger partial charge in [0.15, 0.2) is 10.8 Å². The van der Waals surface area contributed by atoms with Crippen molar-refractivity contribution in [3.63, 3.8) is 0 Å². The van der Waals surface area contributed by atoms with E-state index in [0.29, 0.717) is 37.3 Å². The highest BCUT2D eigenvalue weighted by Crippen LogP contribution is 2.26. The van der Waals surface area contributed by atoms with Crippen molar-refractivity contribution in [1.29, 1.82) is 0 Å². The van der Waals surface area contributed by atoms with E-state index in [-0.39, 0.29) is 17.1 Å². The third-order valence-electron chi connectivity index (χ3n) is 4.14. The Morgan fingerprint density at radius 1 is 1.25 bits per heavy atom. The molecule has 3 aromatic rings. The van der Waals surface area contributed by atoms with E-state index in [1.54, 1.807) is 12.5 Å². The van der Waals surface area contributed by atoms with Gasteiger partial charge in [0, 0.05) is 30.7 Å². The monoisotopic (exact) mass is 404 g/mol. The van der Waals surface area contributed by atoms with Crippen molar-refractivity contribution in [3.8, 4) is 5.75 Å². The van der Waals surface area contributed by atoms with Crippen LogP contribution in [0, 0.1) is 13.8 Å². The number of esters is 1. The van der Waals surface area contributed by atoms with Gasteiger partial charge in [0.05, 0.1) is 31.8 Å². The van der Waals surface area contributed by atoms with E-state index in [1.807, 2.05) is 18.4 Å². The first-order chi connectivity index (χ1) is 13.4. The molecule has 0 aliphatic heterocycles. The van der Waals surface area contributed by atoms with Gasteiger partial charge in [-0.05, 0) is 13.8 Å². The minimum Gasteiger partial charge on any atom is -0.493 e. The Hall–Kier alpha value is -2.94. The summed E-state index contributed by atoms with van der Waals surface area (Å²) in [6.07, 6.45) is 4.00. The number of rotatable bonds is 7. The predicted octanol–water partition coefficient (Wildman–Crippen LogP) is 2.45. The van der Waals surface area contributed by atoms with E-state index in [4.69, 9.17) is 26.8 Å². The fourth-order valence-corrected chi connectivity index (χ4v) is 3.01. The molecule has 3 aromatic heterocycles. The summed E-state index contributed by atoms with van der Waals surface area (Å²) < 4.78 is 12.6. The molecule has 0 aliphatic rings. The number of aryl methyl sites for hydroxylation is 1. The third-order valence-corrected chi connectivity index (χ3v) is 4.41. The summed E-state index contributed by atoms with van der Waals surface area (Å²) >= 11 is 6.08. The second-order valence-electron chi connectivity index (χ2n) is 6.30. The fourth-order valence-electron chi connectivity index (χ4n) is 2.79. The van der Waals surface area contributed by atoms with Gasteiger partial charge in [-0.2, -0.15) is 9.97 Å². The lowest BCUT2D eigenvalue weighted by molar-refractivity contribution is -0.141. The first-order valence-electron chi connectivity index (χ1n) is 8.72. The summed E-state index contributed by atoms with van der Waals surface area (Å²) in [5.74, 6) is 0.560. The molecular formula is C18H21ClN6O3. The molecule has 9 nitrogen and oxygen atoms in total. The Balaban J connectivity index is 1.79. The number of halogens is 1. The molecule has 0 amide bonds. The van der Waals surface area contributed by atoms with Crippen molar-refractivity contribution in [3.05, 3.63) is 34.5 Å². The van der Waals surface area contributed by atoms with Gasteiger partial charge in [0.25, 0.3) is 0 Å². The van der Waals surface area contributed by atoms with Crippen LogP contribution in [0.4, 0.5) is 5.95 Å². The second kappa shape index (κ2) is 8.39. The maximum atomic E-state index is 10.8. The highest BCUT2D eigenvalue weighted by atomic mass is 35.5. The molecule has 0 aromatic carbocycles. The summed E-state index contributed by atoms with van der Waals surface area (Å²) in [4.78, 5) is 27.7. The molecule has 0 bridgehead atoms. The normalized spacial score (nSPS) is 11.0. The summed E-state index contributed by atoms with van der Waals surface area (Å²) in [5, 5.41) is 0.214. The minimum atomic E-state index is -0.296. The molecule has 2 N–H and O–H groups in total. The van der Waals surface area contributed by atoms with Crippen molar-refractivity contribution in [2.75, 3.05) is 18.9 Å². The molecule has 10 heteroatoms. The largest absolute Gasteiger partial charge is 0.493 e. The van der Waals surface area contributed by atoms with E-state index in [9.17, 15) is 4.79 Å². The number of nitrogens with zero attached hydrogens (tertiary/aromatic N) is 5. The van der Waals surface area contributed by atoms with Crippen molar-refractivity contribution in [1.82, 2.24) is 24.5 Å². The molecule has 0 saturated heterocycles. The number of aromatic nitrogens is 5. The van der Waals surface area contributed by atoms with Gasteiger partial charge in [-0.1, -0.05) is 11.6 Å². The Labute approximate surface area is 166 Å². The Bertz CT molecular complexity index is 1020. The number of nitrogen functional groups attached to an aromatic ring is 1. The number of fused-ring (bicyclic) bond motifs is 1. The van der Waals surface area contributed by atoms with Crippen LogP contribution in [0.25, 0.3) is 11.2 Å². The van der Waals surface area contributed by atoms with Crippen LogP contribution in [0.5, 0.6) is 5.75 Å². The molecule has 0 unspecified atom stereocenters. The molecule has 0 spiro atoms. The number of ether oxygens (including phenoxy) is 2. The maximum absolute atomic E-state index is 10.8. The van der Waals surface area contributed by atoms with Gasteiger partial charge < -0.3 is 19.8 Å². The van der Waals surface area contributed by atoms with Gasteiger partial charge in [-0.3, -0.25) is 9.78 Å². The first kappa shape index (κ1) is 19.8. The van der Waals surface area contributed by atoms with Crippen LogP contribution in [0.2, 0.25) is 5.15 Å². The van der Waals surface area contributed by atoms with E-state index in [1.165, 1.54) is 6.92 Å². The number of carbonyl (C=O) groups is 1. The van der Waals surface area contributed by atoms with Gasteiger partial charge in [0.1, 0.15) is 11.3 Å². The average molecular weight is 405 g/mol. The fraction of sp³-hybridized carbons (Fsp3) is 0.389. The smallest absolute Gasteiger partial charge is 0.302 e. The maximum Gasteiger partial charge on any atom is 0.302 e. The summed E-state index contributed by atoms with van der Waals surface area (Å²) in [7, 11) is 0. The highest BCUT2D eigenvalue weighted by Gasteiger charge is 2.15. The van der Waals surface area contributed by atoms with Crippen LogP contribution < -0.4 is 10.5 Å². The Kier molecular flexibility index (Phi) is 5.93. The number of imidazole rings is 1. The van der Waals surface area contributed by atoms with Crippen LogP contribution in [-0.4, -0.2) is 43.7 Å². The zero-order chi connectivity index (χ0) is 20.3. The van der Waals surface area contributed by atoms with Crippen LogP contribution in [0.1, 0.15) is 30.2 Å². The first-order valence-corrected chi connectivity index (χ1v) is 9.09. The number of hydrogen-bond donors (Lipinski definition) is 1. The zero-order valence-corrected chi connectivity index (χ0v) is 16.7. The average Bonchev–Trinajstić information content (AvgIpc) is 3.02. The van der Waals surface area contributed by atoms with E-state index in [0.717, 1.165) is 22.6 Å². The number of hydrogen-bond acceptors (Lipinski definition) is 8. The lowest BCUT2D eigenvalue weighted by Crippen LogP contribution is -2.10. The standard InChI is InChI=1S/C18H21ClN6O3/c1-10-7-21-13(11(2)15(10)28-6-4-5-27-12(3)26)8-25-9-22-14-16(19)23-18(20)24-17(14)25/h7,9H,4-6,8H2,1-3H3,(H2,20,23,24). The molecule has 0 atom stereocenters. The van der Waals surface area contributed by atoms with E-state index in [2.05, 4.69) is 19.9 Å². The van der Waals surface area contributed by atoms with Gasteiger partial charge in [-0.25, -0.2) is 4.98 Å². The second-order valence-corrected chi connectivity index (χ2v) is 6.66. The molecule has 0 fully saturated rings.